The van der Waals surface area contributed by atoms with Crippen molar-refractivity contribution >= 4 is 38.1 Å². The summed E-state index contributed by atoms with van der Waals surface area (Å²) < 4.78 is 38.4. The van der Waals surface area contributed by atoms with E-state index < -0.39 is 10.0 Å². The zero-order valence-electron chi connectivity index (χ0n) is 17.1. The minimum atomic E-state index is -3.71. The first-order valence-corrected chi connectivity index (χ1v) is 12.2. The van der Waals surface area contributed by atoms with Gasteiger partial charge in [0.25, 0.3) is 0 Å². The Morgan fingerprint density at radius 3 is 2.35 bits per heavy atom. The summed E-state index contributed by atoms with van der Waals surface area (Å²) in [4.78, 5) is 7.81. The van der Waals surface area contributed by atoms with E-state index in [1.807, 2.05) is 30.5 Å². The summed E-state index contributed by atoms with van der Waals surface area (Å²) in [5.74, 6) is 0.770. The molecule has 0 aliphatic carbocycles. The molecule has 0 spiro atoms. The van der Waals surface area contributed by atoms with Crippen molar-refractivity contribution in [1.82, 2.24) is 9.29 Å². The summed E-state index contributed by atoms with van der Waals surface area (Å²) in [5.41, 5.74) is 1.06. The van der Waals surface area contributed by atoms with Crippen LogP contribution < -0.4 is 14.4 Å². The van der Waals surface area contributed by atoms with E-state index in [2.05, 4.69) is 9.88 Å². The van der Waals surface area contributed by atoms with Crippen LogP contribution in [0.3, 0.4) is 0 Å². The fourth-order valence-corrected chi connectivity index (χ4v) is 6.10. The van der Waals surface area contributed by atoms with Gasteiger partial charge in [0.1, 0.15) is 16.4 Å². The van der Waals surface area contributed by atoms with E-state index in [4.69, 9.17) is 21.1 Å². The average molecular weight is 480 g/mol. The number of anilines is 1. The predicted octanol–water partition coefficient (Wildman–Crippen LogP) is 3.99. The van der Waals surface area contributed by atoms with Crippen LogP contribution in [0.15, 0.2) is 53.6 Å². The van der Waals surface area contributed by atoms with Gasteiger partial charge in [-0.05, 0) is 29.8 Å². The van der Waals surface area contributed by atoms with E-state index >= 15 is 0 Å². The van der Waals surface area contributed by atoms with Crippen molar-refractivity contribution in [3.63, 3.8) is 0 Å². The standard InChI is InChI=1S/C21H22ClN3O4S2/c1-28-17-7-8-18(29-2)20(13-17)31(26,27)25-11-9-24(10-12-25)21-23-14-19(30-21)15-3-5-16(22)6-4-15/h3-8,13-14H,9-12H2,1-2H3. The largest absolute Gasteiger partial charge is 0.497 e. The Hall–Kier alpha value is -2.33. The smallest absolute Gasteiger partial charge is 0.247 e. The van der Waals surface area contributed by atoms with Crippen LogP contribution in [0, 0.1) is 0 Å². The lowest BCUT2D eigenvalue weighted by molar-refractivity contribution is 0.370. The van der Waals surface area contributed by atoms with E-state index in [0.717, 1.165) is 15.6 Å². The van der Waals surface area contributed by atoms with Crippen molar-refractivity contribution in [2.45, 2.75) is 4.90 Å². The second-order valence-corrected chi connectivity index (χ2v) is 10.3. The molecule has 3 aromatic rings. The molecule has 1 aliphatic heterocycles. The molecule has 10 heteroatoms. The number of benzene rings is 2. The molecule has 0 amide bonds. The van der Waals surface area contributed by atoms with Crippen molar-refractivity contribution < 1.29 is 17.9 Å². The van der Waals surface area contributed by atoms with Gasteiger partial charge in [0, 0.05) is 43.5 Å². The average Bonchev–Trinajstić information content (AvgIpc) is 3.29. The van der Waals surface area contributed by atoms with Crippen LogP contribution in [-0.4, -0.2) is 58.1 Å². The van der Waals surface area contributed by atoms with Gasteiger partial charge in [-0.1, -0.05) is 35.1 Å². The van der Waals surface area contributed by atoms with Gasteiger partial charge in [0.2, 0.25) is 10.0 Å². The van der Waals surface area contributed by atoms with Crippen LogP contribution in [0.4, 0.5) is 5.13 Å². The first kappa shape index (κ1) is 21.9. The van der Waals surface area contributed by atoms with Crippen molar-refractivity contribution in [3.05, 3.63) is 53.7 Å². The summed E-state index contributed by atoms with van der Waals surface area (Å²) in [5, 5.41) is 1.57. The Morgan fingerprint density at radius 1 is 1.00 bits per heavy atom. The second-order valence-electron chi connectivity index (χ2n) is 6.92. The fraction of sp³-hybridized carbons (Fsp3) is 0.286. The van der Waals surface area contributed by atoms with Crippen molar-refractivity contribution in [2.75, 3.05) is 45.3 Å². The Kier molecular flexibility index (Phi) is 6.38. The summed E-state index contributed by atoms with van der Waals surface area (Å²) in [6.07, 6.45) is 1.84. The number of thiazole rings is 1. The highest BCUT2D eigenvalue weighted by Gasteiger charge is 2.32. The minimum absolute atomic E-state index is 0.113. The van der Waals surface area contributed by atoms with E-state index in [1.54, 1.807) is 23.5 Å². The topological polar surface area (TPSA) is 72.0 Å². The van der Waals surface area contributed by atoms with Gasteiger partial charge in [-0.2, -0.15) is 4.31 Å². The van der Waals surface area contributed by atoms with Gasteiger partial charge in [0.05, 0.1) is 19.1 Å². The van der Waals surface area contributed by atoms with Crippen LogP contribution in [0.5, 0.6) is 11.5 Å². The van der Waals surface area contributed by atoms with E-state index in [9.17, 15) is 8.42 Å². The lowest BCUT2D eigenvalue weighted by atomic mass is 10.2. The zero-order valence-corrected chi connectivity index (χ0v) is 19.5. The minimum Gasteiger partial charge on any atom is -0.497 e. The molecule has 1 aliphatic rings. The highest BCUT2D eigenvalue weighted by molar-refractivity contribution is 7.89. The number of aromatic nitrogens is 1. The normalized spacial score (nSPS) is 15.1. The number of piperazine rings is 1. The van der Waals surface area contributed by atoms with E-state index in [-0.39, 0.29) is 4.90 Å². The first-order valence-electron chi connectivity index (χ1n) is 9.61. The van der Waals surface area contributed by atoms with Crippen LogP contribution in [0.25, 0.3) is 10.4 Å². The van der Waals surface area contributed by atoms with Gasteiger partial charge < -0.3 is 14.4 Å². The molecule has 2 heterocycles. The fourth-order valence-electron chi connectivity index (χ4n) is 3.40. The van der Waals surface area contributed by atoms with Crippen molar-refractivity contribution in [2.24, 2.45) is 0 Å². The van der Waals surface area contributed by atoms with Gasteiger partial charge in [0.15, 0.2) is 5.13 Å². The molecule has 1 aromatic heterocycles. The number of hydrogen-bond donors (Lipinski definition) is 0. The maximum absolute atomic E-state index is 13.2. The predicted molar refractivity (Wildman–Crippen MR) is 123 cm³/mol. The van der Waals surface area contributed by atoms with E-state index in [1.165, 1.54) is 24.6 Å². The molecule has 7 nitrogen and oxygen atoms in total. The molecular weight excluding hydrogens is 458 g/mol. The molecule has 0 saturated carbocycles. The third kappa shape index (κ3) is 4.50. The molecule has 1 saturated heterocycles. The molecular formula is C21H22ClN3O4S2. The molecule has 0 bridgehead atoms. The maximum Gasteiger partial charge on any atom is 0.247 e. The Labute approximate surface area is 190 Å². The van der Waals surface area contributed by atoms with Crippen molar-refractivity contribution in [3.8, 4) is 21.9 Å². The summed E-state index contributed by atoms with van der Waals surface area (Å²) in [7, 11) is -0.752. The monoisotopic (exact) mass is 479 g/mol. The number of halogens is 1. The number of sulfonamides is 1. The van der Waals surface area contributed by atoms with Crippen LogP contribution in [0.1, 0.15) is 0 Å². The summed E-state index contributed by atoms with van der Waals surface area (Å²) in [6, 6.07) is 12.4. The van der Waals surface area contributed by atoms with Gasteiger partial charge >= 0.3 is 0 Å². The van der Waals surface area contributed by atoms with Crippen LogP contribution in [-0.2, 0) is 10.0 Å². The Balaban J connectivity index is 1.48. The highest BCUT2D eigenvalue weighted by atomic mass is 35.5. The quantitative estimate of drug-likeness (QED) is 0.532. The SMILES string of the molecule is COc1ccc(OC)c(S(=O)(=O)N2CCN(c3ncc(-c4ccc(Cl)cc4)s3)CC2)c1. The molecule has 0 radical (unpaired) electrons. The Morgan fingerprint density at radius 2 is 1.71 bits per heavy atom. The Bertz CT molecular complexity index is 1160. The molecule has 0 unspecified atom stereocenters. The van der Waals surface area contributed by atoms with Crippen LogP contribution in [0.2, 0.25) is 5.02 Å². The number of methoxy groups -OCH3 is 2. The highest BCUT2D eigenvalue weighted by Crippen LogP contribution is 2.34. The molecule has 0 N–H and O–H groups in total. The second kappa shape index (κ2) is 9.04. The number of hydrogen-bond acceptors (Lipinski definition) is 7. The summed E-state index contributed by atoms with van der Waals surface area (Å²) in [6.45, 7) is 1.83. The molecule has 4 rings (SSSR count). The molecule has 1 fully saturated rings. The molecule has 0 atom stereocenters. The first-order chi connectivity index (χ1) is 14.9. The van der Waals surface area contributed by atoms with E-state index in [0.29, 0.717) is 42.7 Å². The molecule has 31 heavy (non-hydrogen) atoms. The number of ether oxygens (including phenoxy) is 2. The number of rotatable bonds is 6. The number of nitrogens with zero attached hydrogens (tertiary/aromatic N) is 3. The zero-order chi connectivity index (χ0) is 22.0. The lowest BCUT2D eigenvalue weighted by Crippen LogP contribution is -2.48. The lowest BCUT2D eigenvalue weighted by Gasteiger charge is -2.34. The summed E-state index contributed by atoms with van der Waals surface area (Å²) >= 11 is 7.55. The molecule has 2 aromatic carbocycles. The van der Waals surface area contributed by atoms with Gasteiger partial charge in [-0.3, -0.25) is 0 Å². The van der Waals surface area contributed by atoms with Gasteiger partial charge in [-0.15, -0.1) is 0 Å². The van der Waals surface area contributed by atoms with Gasteiger partial charge in [-0.25, -0.2) is 13.4 Å². The molecule has 164 valence electrons. The van der Waals surface area contributed by atoms with Crippen LogP contribution >= 0.6 is 22.9 Å². The van der Waals surface area contributed by atoms with Crippen molar-refractivity contribution in [1.29, 1.82) is 0 Å². The maximum atomic E-state index is 13.2. The third-order valence-corrected chi connectivity index (χ3v) is 8.40. The third-order valence-electron chi connectivity index (χ3n) is 5.12.